The van der Waals surface area contributed by atoms with E-state index in [1.165, 1.54) is 25.7 Å². The van der Waals surface area contributed by atoms with Crippen LogP contribution in [0.3, 0.4) is 0 Å². The van der Waals surface area contributed by atoms with Crippen LogP contribution in [0.5, 0.6) is 5.75 Å². The molecule has 0 N–H and O–H groups in total. The predicted octanol–water partition coefficient (Wildman–Crippen LogP) is 7.02. The summed E-state index contributed by atoms with van der Waals surface area (Å²) in [6, 6.07) is 10.0. The van der Waals surface area contributed by atoms with E-state index in [2.05, 4.69) is 6.92 Å². The Bertz CT molecular complexity index is 941. The van der Waals surface area contributed by atoms with Crippen molar-refractivity contribution in [3.63, 3.8) is 0 Å². The monoisotopic (exact) mass is 364 g/mol. The van der Waals surface area contributed by atoms with Gasteiger partial charge in [0.15, 0.2) is 0 Å². The average molecular weight is 364 g/mol. The normalized spacial score (nSPS) is 83.7. The molecule has 0 atom stereocenters. The maximum absolute atomic E-state index is 5.55. The van der Waals surface area contributed by atoms with Gasteiger partial charge in [0.1, 0.15) is 5.75 Å². The first-order valence-corrected chi connectivity index (χ1v) is 16.9. The van der Waals surface area contributed by atoms with E-state index in [1.54, 1.807) is 48.2 Å². The number of hydrogen-bond donors (Lipinski definition) is 0. The summed E-state index contributed by atoms with van der Waals surface area (Å²) in [7, 11) is 0. The van der Waals surface area contributed by atoms with E-state index in [9.17, 15) is 0 Å². The summed E-state index contributed by atoms with van der Waals surface area (Å²) >= 11 is 0. The van der Waals surface area contributed by atoms with Crippen molar-refractivity contribution >= 4 is 0 Å². The first-order valence-electron chi connectivity index (χ1n) is 10.5. The summed E-state index contributed by atoms with van der Waals surface area (Å²) in [5.41, 5.74) is 0. The molecule has 10 saturated heterocycles. The van der Waals surface area contributed by atoms with E-state index in [1.807, 2.05) is 30.3 Å². The van der Waals surface area contributed by atoms with E-state index in [-0.39, 0.29) is 0 Å². The number of unbranched alkanes of at least 4 members (excludes halogenated alkanes) is 3. The summed E-state index contributed by atoms with van der Waals surface area (Å²) < 4.78 is 5.55. The summed E-state index contributed by atoms with van der Waals surface area (Å²) in [4.78, 5) is 15.9. The fourth-order valence-electron chi connectivity index (χ4n) is 17.1. The van der Waals surface area contributed by atoms with Crippen molar-refractivity contribution < 1.29 is 11.2 Å². The zero-order valence-corrected chi connectivity index (χ0v) is 15.6. The van der Waals surface area contributed by atoms with Gasteiger partial charge in [-0.25, -0.2) is 0 Å². The molecule has 0 aromatic heterocycles. The Hall–Kier alpha value is -0.461. The average Bonchev–Trinajstić information content (AvgIpc) is 3.56. The Morgan fingerprint density at radius 2 is 1.21 bits per heavy atom. The molecule has 10 aliphatic heterocycles. The van der Waals surface area contributed by atoms with Crippen molar-refractivity contribution in [2.45, 2.75) is 80.8 Å². The quantitative estimate of drug-likeness (QED) is 0.389. The summed E-state index contributed by atoms with van der Waals surface area (Å²) in [6.45, 7) is 0.788. The molecule has 10 fully saturated rings. The molecule has 0 bridgehead atoms. The molecular formula is C22H28FeO. The van der Waals surface area contributed by atoms with Gasteiger partial charge >= 0.3 is 54.7 Å². The van der Waals surface area contributed by atoms with E-state index in [4.69, 9.17) is 4.74 Å². The van der Waals surface area contributed by atoms with Crippen molar-refractivity contribution in [3.05, 3.63) is 30.3 Å². The van der Waals surface area contributed by atoms with Gasteiger partial charge in [0.2, 0.25) is 0 Å². The Morgan fingerprint density at radius 1 is 0.708 bits per heavy atom. The first kappa shape index (κ1) is 11.3. The van der Waals surface area contributed by atoms with Gasteiger partial charge in [-0.05, 0) is 18.6 Å². The Balaban J connectivity index is 0.0000000816. The van der Waals surface area contributed by atoms with Crippen LogP contribution in [0.2, 0.25) is 48.2 Å². The fourth-order valence-corrected chi connectivity index (χ4v) is 89.2. The molecule has 0 radical (unpaired) electrons. The van der Waals surface area contributed by atoms with Gasteiger partial charge in [0.05, 0.1) is 6.61 Å². The van der Waals surface area contributed by atoms with Gasteiger partial charge in [0, 0.05) is 0 Å². The second kappa shape index (κ2) is 1.33. The molecule has 2 heteroatoms. The van der Waals surface area contributed by atoms with E-state index >= 15 is 0 Å². The van der Waals surface area contributed by atoms with Gasteiger partial charge in [-0.2, -0.15) is 0 Å². The van der Waals surface area contributed by atoms with Crippen LogP contribution in [0.4, 0.5) is 0 Å². The number of hydrogen-bond acceptors (Lipinski definition) is 1. The topological polar surface area (TPSA) is 9.23 Å². The molecule has 1 spiro atoms. The molecule has 0 saturated carbocycles. The maximum atomic E-state index is 5.55. The summed E-state index contributed by atoms with van der Waals surface area (Å²) in [6.07, 6.45) is 5.05. The van der Waals surface area contributed by atoms with Crippen LogP contribution in [0.15, 0.2) is 30.3 Å². The second-order valence-corrected chi connectivity index (χ2v) is 36.7. The van der Waals surface area contributed by atoms with Gasteiger partial charge in [-0.15, -0.1) is 0 Å². The molecular weight excluding hydrogens is 336 g/mol. The molecule has 0 amide bonds. The van der Waals surface area contributed by atoms with Crippen LogP contribution in [-0.2, 0) is 6.51 Å². The van der Waals surface area contributed by atoms with Crippen LogP contribution in [0.25, 0.3) is 0 Å². The van der Waals surface area contributed by atoms with Crippen LogP contribution in [0.1, 0.15) is 32.6 Å². The third-order valence-electron chi connectivity index (χ3n) is 16.5. The molecule has 1 aromatic rings. The van der Waals surface area contributed by atoms with Gasteiger partial charge in [0.25, 0.3) is 0 Å². The Labute approximate surface area is 134 Å². The van der Waals surface area contributed by atoms with Crippen LogP contribution >= 0.6 is 0 Å². The number of rotatable bonds is 6. The van der Waals surface area contributed by atoms with Crippen molar-refractivity contribution in [1.82, 2.24) is 0 Å². The van der Waals surface area contributed by atoms with E-state index in [0.717, 1.165) is 12.4 Å². The van der Waals surface area contributed by atoms with Gasteiger partial charge in [-0.1, -0.05) is 44.4 Å². The van der Waals surface area contributed by atoms with Crippen molar-refractivity contribution in [1.29, 1.82) is 0 Å². The minimum absolute atomic E-state index is 0.851. The van der Waals surface area contributed by atoms with Crippen molar-refractivity contribution in [2.75, 3.05) is 6.61 Å². The fraction of sp³-hybridized carbons (Fsp3) is 0.727. The van der Waals surface area contributed by atoms with E-state index < -0.39 is 6.51 Å². The number of fused-ring (bicyclic) bond motifs is 10. The van der Waals surface area contributed by atoms with Crippen LogP contribution in [0, 0.1) is 0 Å². The Kier molecular flexibility index (Phi) is 0.628. The SMILES string of the molecule is CCCCCCOc1ccccc1.[CH]12[CH]3[CH]4[CH]5[CH]1[Fe]23451678[CH]2[CH]1[CH]6[CH]7[CH]28. The molecule has 1 aromatic carbocycles. The molecule has 0 aliphatic carbocycles. The number of benzene rings is 1. The standard InChI is InChI=1S/C12H18O.2C5H5.Fe/c1-2-3-4-8-11-13-12-9-6-5-7-10-12;2*1-2-4-5-3-1;/h5-7,9-10H,2-4,8,11H2,1H3;2*1-5H;. The second-order valence-electron chi connectivity index (χ2n) is 12.8. The van der Waals surface area contributed by atoms with Crippen LogP contribution in [-0.4, -0.2) is 6.61 Å². The van der Waals surface area contributed by atoms with Gasteiger partial charge < -0.3 is 4.74 Å². The summed E-state index contributed by atoms with van der Waals surface area (Å²) in [5, 5.41) is 0. The van der Waals surface area contributed by atoms with Crippen LogP contribution < -0.4 is 4.74 Å². The van der Waals surface area contributed by atoms with E-state index in [0.29, 0.717) is 0 Å². The number of para-hydroxylation sites is 1. The molecule has 10 aliphatic rings. The third kappa shape index (κ3) is 0.197. The zero-order chi connectivity index (χ0) is 15.4. The molecule has 11 rings (SSSR count). The molecule has 130 valence electrons. The van der Waals surface area contributed by atoms with Gasteiger partial charge in [-0.3, -0.25) is 0 Å². The molecule has 0 unspecified atom stereocenters. The van der Waals surface area contributed by atoms with Crippen molar-refractivity contribution in [3.8, 4) is 5.75 Å². The molecule has 24 heavy (non-hydrogen) atoms. The predicted molar refractivity (Wildman–Crippen MR) is 93.6 cm³/mol. The molecule has 1 nitrogen and oxygen atoms in total. The van der Waals surface area contributed by atoms with Crippen molar-refractivity contribution in [2.24, 2.45) is 0 Å². The third-order valence-corrected chi connectivity index (χ3v) is 58.5. The molecule has 10 heterocycles. The number of ether oxygens (including phenoxy) is 1. The summed E-state index contributed by atoms with van der Waals surface area (Å²) in [5.74, 6) is 0.985. The first-order chi connectivity index (χ1) is 11.6. The minimum atomic E-state index is -2.28. The zero-order valence-electron chi connectivity index (χ0n) is 14.5. The Morgan fingerprint density at radius 3 is 1.58 bits per heavy atom.